The molecule has 0 atom stereocenters. The van der Waals surface area contributed by atoms with Gasteiger partial charge in [-0.1, -0.05) is 0 Å². The highest BCUT2D eigenvalue weighted by Crippen LogP contribution is 2.20. The smallest absolute Gasteiger partial charge is 0.124 e. The Labute approximate surface area is 105 Å². The number of aryl methyl sites for hydroxylation is 1. The Hall–Kier alpha value is -1.94. The summed E-state index contributed by atoms with van der Waals surface area (Å²) in [7, 11) is 0. The molecule has 1 aromatic carbocycles. The first-order chi connectivity index (χ1) is 8.69. The molecule has 0 spiro atoms. The number of nitrogens with zero attached hydrogens (tertiary/aromatic N) is 1. The molecule has 94 valence electrons. The lowest BCUT2D eigenvalue weighted by Crippen LogP contribution is -2.03. The average molecular weight is 246 g/mol. The molecule has 0 radical (unpaired) electrons. The van der Waals surface area contributed by atoms with E-state index < -0.39 is 0 Å². The third kappa shape index (κ3) is 3.05. The van der Waals surface area contributed by atoms with Crippen molar-refractivity contribution in [2.45, 2.75) is 20.1 Å². The minimum Gasteiger partial charge on any atom is -0.489 e. The van der Waals surface area contributed by atoms with Crippen molar-refractivity contribution in [3.63, 3.8) is 0 Å². The number of ether oxygens (including phenoxy) is 1. The van der Waals surface area contributed by atoms with Gasteiger partial charge in [0.05, 0.1) is 0 Å². The summed E-state index contributed by atoms with van der Waals surface area (Å²) in [6, 6.07) is 6.35. The number of hydrogen-bond acceptors (Lipinski definition) is 3. The summed E-state index contributed by atoms with van der Waals surface area (Å²) in [4.78, 5) is 4.09. The van der Waals surface area contributed by atoms with E-state index in [1.54, 1.807) is 18.5 Å². The lowest BCUT2D eigenvalue weighted by atomic mass is 10.2. The Bertz CT molecular complexity index is 543. The molecule has 3 nitrogen and oxygen atoms in total. The molecule has 0 saturated carbocycles. The van der Waals surface area contributed by atoms with Crippen molar-refractivity contribution in [3.05, 3.63) is 59.2 Å². The van der Waals surface area contributed by atoms with Crippen LogP contribution in [0.25, 0.3) is 0 Å². The van der Waals surface area contributed by atoms with Gasteiger partial charge in [-0.05, 0) is 36.8 Å². The molecular formula is C14H15FN2O. The van der Waals surface area contributed by atoms with Crippen molar-refractivity contribution in [1.29, 1.82) is 0 Å². The van der Waals surface area contributed by atoms with Crippen molar-refractivity contribution in [2.24, 2.45) is 5.73 Å². The van der Waals surface area contributed by atoms with Gasteiger partial charge < -0.3 is 10.5 Å². The van der Waals surface area contributed by atoms with Crippen molar-refractivity contribution < 1.29 is 9.13 Å². The van der Waals surface area contributed by atoms with Gasteiger partial charge in [0.25, 0.3) is 0 Å². The summed E-state index contributed by atoms with van der Waals surface area (Å²) in [6.07, 6.45) is 3.53. The van der Waals surface area contributed by atoms with Crippen molar-refractivity contribution >= 4 is 0 Å². The van der Waals surface area contributed by atoms with E-state index in [-0.39, 0.29) is 12.4 Å². The van der Waals surface area contributed by atoms with E-state index in [2.05, 4.69) is 4.98 Å². The lowest BCUT2D eigenvalue weighted by molar-refractivity contribution is 0.302. The minimum absolute atomic E-state index is 0.249. The molecule has 4 heteroatoms. The van der Waals surface area contributed by atoms with Gasteiger partial charge in [0, 0.05) is 30.1 Å². The average Bonchev–Trinajstić information content (AvgIpc) is 2.37. The molecule has 0 aliphatic heterocycles. The van der Waals surface area contributed by atoms with E-state index in [4.69, 9.17) is 10.5 Å². The van der Waals surface area contributed by atoms with Gasteiger partial charge >= 0.3 is 0 Å². The monoisotopic (exact) mass is 246 g/mol. The number of pyridine rings is 1. The zero-order valence-corrected chi connectivity index (χ0v) is 10.2. The molecule has 0 fully saturated rings. The van der Waals surface area contributed by atoms with Gasteiger partial charge in [0.1, 0.15) is 18.2 Å². The van der Waals surface area contributed by atoms with Crippen LogP contribution in [-0.2, 0) is 13.2 Å². The Morgan fingerprint density at radius 1 is 1.28 bits per heavy atom. The summed E-state index contributed by atoms with van der Waals surface area (Å²) in [5.41, 5.74) is 8.27. The summed E-state index contributed by atoms with van der Waals surface area (Å²) in [6.45, 7) is 2.62. The number of aromatic nitrogens is 1. The highest BCUT2D eigenvalue weighted by Gasteiger charge is 2.04. The number of nitrogens with two attached hydrogens (primary N) is 1. The van der Waals surface area contributed by atoms with Gasteiger partial charge in [-0.15, -0.1) is 0 Å². The minimum atomic E-state index is -0.306. The fraction of sp³-hybridized carbons (Fsp3) is 0.214. The maximum atomic E-state index is 13.0. The van der Waals surface area contributed by atoms with Gasteiger partial charge in [-0.3, -0.25) is 4.98 Å². The van der Waals surface area contributed by atoms with E-state index in [9.17, 15) is 4.39 Å². The lowest BCUT2D eigenvalue weighted by Gasteiger charge is -2.10. The Morgan fingerprint density at radius 3 is 2.83 bits per heavy atom. The van der Waals surface area contributed by atoms with Crippen LogP contribution in [0.4, 0.5) is 4.39 Å². The quantitative estimate of drug-likeness (QED) is 0.902. The van der Waals surface area contributed by atoms with E-state index >= 15 is 0 Å². The summed E-state index contributed by atoms with van der Waals surface area (Å²) < 4.78 is 18.7. The molecule has 2 rings (SSSR count). The predicted octanol–water partition coefficient (Wildman–Crippen LogP) is 2.57. The fourth-order valence-electron chi connectivity index (χ4n) is 1.71. The fourth-order valence-corrected chi connectivity index (χ4v) is 1.71. The van der Waals surface area contributed by atoms with Crippen LogP contribution in [-0.4, -0.2) is 4.98 Å². The first-order valence-electron chi connectivity index (χ1n) is 5.71. The van der Waals surface area contributed by atoms with Crippen LogP contribution in [0.1, 0.15) is 16.7 Å². The van der Waals surface area contributed by atoms with Crippen LogP contribution in [0.2, 0.25) is 0 Å². The summed E-state index contributed by atoms with van der Waals surface area (Å²) >= 11 is 0. The number of hydrogen-bond donors (Lipinski definition) is 1. The van der Waals surface area contributed by atoms with Crippen LogP contribution >= 0.6 is 0 Å². The molecule has 0 aliphatic carbocycles. The Balaban J connectivity index is 2.10. The summed E-state index contributed by atoms with van der Waals surface area (Å²) in [5.74, 6) is 0.306. The molecule has 2 aromatic rings. The molecule has 1 heterocycles. The topological polar surface area (TPSA) is 48.1 Å². The van der Waals surface area contributed by atoms with Crippen LogP contribution in [0.15, 0.2) is 36.7 Å². The van der Waals surface area contributed by atoms with Gasteiger partial charge in [0.2, 0.25) is 0 Å². The van der Waals surface area contributed by atoms with Gasteiger partial charge in [-0.2, -0.15) is 0 Å². The van der Waals surface area contributed by atoms with E-state index in [0.29, 0.717) is 17.9 Å². The second-order valence-corrected chi connectivity index (χ2v) is 4.12. The van der Waals surface area contributed by atoms with E-state index in [0.717, 1.165) is 11.1 Å². The van der Waals surface area contributed by atoms with E-state index in [1.807, 2.05) is 13.0 Å². The molecule has 2 N–H and O–H groups in total. The Kier molecular flexibility index (Phi) is 3.89. The third-order valence-electron chi connectivity index (χ3n) is 2.57. The number of rotatable bonds is 4. The van der Waals surface area contributed by atoms with Crippen molar-refractivity contribution in [2.75, 3.05) is 0 Å². The van der Waals surface area contributed by atoms with Gasteiger partial charge in [0.15, 0.2) is 0 Å². The number of halogens is 1. The molecular weight excluding hydrogens is 231 g/mol. The zero-order valence-electron chi connectivity index (χ0n) is 10.2. The molecule has 0 amide bonds. The van der Waals surface area contributed by atoms with Crippen LogP contribution in [0.3, 0.4) is 0 Å². The highest BCUT2D eigenvalue weighted by atomic mass is 19.1. The second-order valence-electron chi connectivity index (χ2n) is 4.12. The summed E-state index contributed by atoms with van der Waals surface area (Å²) in [5, 5.41) is 0. The molecule has 18 heavy (non-hydrogen) atoms. The van der Waals surface area contributed by atoms with Crippen molar-refractivity contribution in [3.8, 4) is 5.75 Å². The first kappa shape index (κ1) is 12.5. The molecule has 0 unspecified atom stereocenters. The van der Waals surface area contributed by atoms with E-state index in [1.165, 1.54) is 12.1 Å². The SMILES string of the molecule is Cc1cncc(COc2ccc(F)cc2CN)c1. The van der Waals surface area contributed by atoms with Crippen LogP contribution in [0.5, 0.6) is 5.75 Å². The van der Waals surface area contributed by atoms with Crippen LogP contribution < -0.4 is 10.5 Å². The largest absolute Gasteiger partial charge is 0.489 e. The first-order valence-corrected chi connectivity index (χ1v) is 5.71. The maximum absolute atomic E-state index is 13.0. The Morgan fingerprint density at radius 2 is 2.11 bits per heavy atom. The van der Waals surface area contributed by atoms with Crippen LogP contribution in [0, 0.1) is 12.7 Å². The predicted molar refractivity (Wildman–Crippen MR) is 67.6 cm³/mol. The standard InChI is InChI=1S/C14H15FN2O/c1-10-4-11(8-17-7-10)9-18-14-3-2-13(15)5-12(14)6-16/h2-5,7-8H,6,9,16H2,1H3. The third-order valence-corrected chi connectivity index (χ3v) is 2.57. The zero-order chi connectivity index (χ0) is 13.0. The molecule has 1 aromatic heterocycles. The molecule has 0 bridgehead atoms. The van der Waals surface area contributed by atoms with Crippen molar-refractivity contribution in [1.82, 2.24) is 4.98 Å². The normalized spacial score (nSPS) is 10.4. The highest BCUT2D eigenvalue weighted by molar-refractivity contribution is 5.34. The number of benzene rings is 1. The van der Waals surface area contributed by atoms with Gasteiger partial charge in [-0.25, -0.2) is 4.39 Å². The molecule has 0 saturated heterocycles. The maximum Gasteiger partial charge on any atom is 0.124 e. The molecule has 0 aliphatic rings. The second kappa shape index (κ2) is 5.60.